The Labute approximate surface area is 131 Å². The fourth-order valence-electron chi connectivity index (χ4n) is 1.61. The molecule has 0 saturated heterocycles. The summed E-state index contributed by atoms with van der Waals surface area (Å²) in [5, 5.41) is 9.93. The van der Waals surface area contributed by atoms with Crippen LogP contribution in [0.5, 0.6) is 0 Å². The van der Waals surface area contributed by atoms with E-state index in [1.807, 2.05) is 26.8 Å². The summed E-state index contributed by atoms with van der Waals surface area (Å²) in [5.74, 6) is 1.19. The van der Waals surface area contributed by atoms with E-state index in [9.17, 15) is 4.79 Å². The van der Waals surface area contributed by atoms with E-state index in [0.29, 0.717) is 24.2 Å². The van der Waals surface area contributed by atoms with E-state index in [0.717, 1.165) is 5.69 Å². The lowest BCUT2D eigenvalue weighted by Crippen LogP contribution is -2.41. The van der Waals surface area contributed by atoms with Gasteiger partial charge in [0, 0.05) is 13.1 Å². The van der Waals surface area contributed by atoms with Gasteiger partial charge in [-0.25, -0.2) is 0 Å². The number of carbonyl (C=O) groups excluding carboxylic acids is 1. The number of aromatic nitrogens is 1. The lowest BCUT2D eigenvalue weighted by molar-refractivity contribution is -0.153. The first-order valence-corrected chi connectivity index (χ1v) is 7.33. The van der Waals surface area contributed by atoms with Crippen LogP contribution in [0.3, 0.4) is 0 Å². The predicted molar refractivity (Wildman–Crippen MR) is 84.6 cm³/mol. The van der Waals surface area contributed by atoms with Crippen LogP contribution in [-0.4, -0.2) is 36.3 Å². The minimum Gasteiger partial charge on any atom is -0.459 e. The van der Waals surface area contributed by atoms with E-state index in [4.69, 9.17) is 9.26 Å². The molecule has 0 saturated carbocycles. The second-order valence-corrected chi connectivity index (χ2v) is 6.24. The van der Waals surface area contributed by atoms with E-state index < -0.39 is 5.60 Å². The Morgan fingerprint density at radius 1 is 1.41 bits per heavy atom. The molecule has 0 aliphatic heterocycles. The Morgan fingerprint density at radius 2 is 2.09 bits per heavy atom. The number of aliphatic imine (C=N–C) groups is 1. The fourth-order valence-corrected chi connectivity index (χ4v) is 1.61. The number of rotatable bonds is 5. The first-order chi connectivity index (χ1) is 10.2. The van der Waals surface area contributed by atoms with Crippen molar-refractivity contribution in [3.05, 3.63) is 17.5 Å². The van der Waals surface area contributed by atoms with Crippen molar-refractivity contribution in [2.45, 2.75) is 52.7 Å². The number of carbonyl (C=O) groups is 1. The van der Waals surface area contributed by atoms with Gasteiger partial charge in [-0.15, -0.1) is 0 Å². The van der Waals surface area contributed by atoms with Gasteiger partial charge in [-0.2, -0.15) is 0 Å². The summed E-state index contributed by atoms with van der Waals surface area (Å²) in [6.07, 6.45) is 0. The molecule has 1 rings (SSSR count). The Kier molecular flexibility index (Phi) is 6.39. The SMILES string of the molecule is CN=C(NCC(=O)OC(C)(C)C)NCc1cc(C(C)C)no1. The maximum atomic E-state index is 11.6. The summed E-state index contributed by atoms with van der Waals surface area (Å²) in [5.41, 5.74) is 0.413. The largest absolute Gasteiger partial charge is 0.459 e. The van der Waals surface area contributed by atoms with Crippen LogP contribution in [0, 0.1) is 0 Å². The Hall–Kier alpha value is -2.05. The van der Waals surface area contributed by atoms with Crippen LogP contribution >= 0.6 is 0 Å². The van der Waals surface area contributed by atoms with Crippen molar-refractivity contribution in [2.75, 3.05) is 13.6 Å². The van der Waals surface area contributed by atoms with E-state index in [-0.39, 0.29) is 12.5 Å². The minimum absolute atomic E-state index is 0.0462. The van der Waals surface area contributed by atoms with Gasteiger partial charge in [0.25, 0.3) is 0 Å². The fraction of sp³-hybridized carbons (Fsp3) is 0.667. The number of hydrogen-bond acceptors (Lipinski definition) is 5. The summed E-state index contributed by atoms with van der Waals surface area (Å²) < 4.78 is 10.4. The minimum atomic E-state index is -0.497. The van der Waals surface area contributed by atoms with Gasteiger partial charge >= 0.3 is 5.97 Å². The molecule has 7 nitrogen and oxygen atoms in total. The van der Waals surface area contributed by atoms with Crippen LogP contribution in [0.15, 0.2) is 15.6 Å². The highest BCUT2D eigenvalue weighted by Crippen LogP contribution is 2.13. The summed E-state index contributed by atoms with van der Waals surface area (Å²) in [4.78, 5) is 15.7. The van der Waals surface area contributed by atoms with E-state index in [1.165, 1.54) is 0 Å². The van der Waals surface area contributed by atoms with Crippen LogP contribution in [-0.2, 0) is 16.1 Å². The second-order valence-electron chi connectivity index (χ2n) is 6.24. The van der Waals surface area contributed by atoms with Crippen molar-refractivity contribution < 1.29 is 14.1 Å². The first-order valence-electron chi connectivity index (χ1n) is 7.33. The molecular weight excluding hydrogens is 284 g/mol. The summed E-state index contributed by atoms with van der Waals surface area (Å²) in [7, 11) is 1.63. The van der Waals surface area contributed by atoms with Crippen LogP contribution in [0.4, 0.5) is 0 Å². The molecule has 124 valence electrons. The van der Waals surface area contributed by atoms with Crippen LogP contribution in [0.1, 0.15) is 52.0 Å². The molecule has 0 aliphatic rings. The third-order valence-electron chi connectivity index (χ3n) is 2.64. The molecule has 2 N–H and O–H groups in total. The highest BCUT2D eigenvalue weighted by atomic mass is 16.6. The maximum absolute atomic E-state index is 11.6. The molecule has 0 spiro atoms. The molecule has 7 heteroatoms. The first kappa shape index (κ1) is 18.0. The number of nitrogens with zero attached hydrogens (tertiary/aromatic N) is 2. The van der Waals surface area contributed by atoms with Crippen molar-refractivity contribution in [1.82, 2.24) is 15.8 Å². The maximum Gasteiger partial charge on any atom is 0.325 e. The molecule has 0 radical (unpaired) electrons. The van der Waals surface area contributed by atoms with E-state index >= 15 is 0 Å². The van der Waals surface area contributed by atoms with Crippen LogP contribution in [0.25, 0.3) is 0 Å². The smallest absolute Gasteiger partial charge is 0.325 e. The van der Waals surface area contributed by atoms with E-state index in [2.05, 4.69) is 34.6 Å². The summed E-state index contributed by atoms with van der Waals surface area (Å²) in [6.45, 7) is 10.1. The third kappa shape index (κ3) is 6.60. The summed E-state index contributed by atoms with van der Waals surface area (Å²) in [6, 6.07) is 1.90. The zero-order valence-electron chi connectivity index (χ0n) is 14.2. The predicted octanol–water partition coefficient (Wildman–Crippen LogP) is 1.80. The molecule has 1 aromatic rings. The molecular formula is C15H26N4O3. The molecule has 0 aliphatic carbocycles. The lowest BCUT2D eigenvalue weighted by atomic mass is 10.1. The third-order valence-corrected chi connectivity index (χ3v) is 2.64. The van der Waals surface area contributed by atoms with Crippen molar-refractivity contribution in [3.63, 3.8) is 0 Å². The monoisotopic (exact) mass is 310 g/mol. The van der Waals surface area contributed by atoms with Crippen molar-refractivity contribution in [3.8, 4) is 0 Å². The molecule has 0 unspecified atom stereocenters. The number of ether oxygens (including phenoxy) is 1. The number of nitrogens with one attached hydrogen (secondary N) is 2. The van der Waals surface area contributed by atoms with Gasteiger partial charge in [-0.1, -0.05) is 19.0 Å². The molecule has 1 aromatic heterocycles. The average molecular weight is 310 g/mol. The van der Waals surface area contributed by atoms with Gasteiger partial charge in [0.2, 0.25) is 0 Å². The Morgan fingerprint density at radius 3 is 2.59 bits per heavy atom. The van der Waals surface area contributed by atoms with Crippen molar-refractivity contribution in [1.29, 1.82) is 0 Å². The Bertz CT molecular complexity index is 515. The zero-order chi connectivity index (χ0) is 16.8. The van der Waals surface area contributed by atoms with Gasteiger partial charge in [-0.05, 0) is 26.7 Å². The molecule has 0 amide bonds. The zero-order valence-corrected chi connectivity index (χ0v) is 14.2. The molecule has 0 fully saturated rings. The van der Waals surface area contributed by atoms with Crippen LogP contribution < -0.4 is 10.6 Å². The van der Waals surface area contributed by atoms with Gasteiger partial charge in [0.1, 0.15) is 12.1 Å². The van der Waals surface area contributed by atoms with Crippen molar-refractivity contribution >= 4 is 11.9 Å². The van der Waals surface area contributed by atoms with Crippen LogP contribution in [0.2, 0.25) is 0 Å². The number of guanidine groups is 1. The Balaban J connectivity index is 2.41. The lowest BCUT2D eigenvalue weighted by Gasteiger charge is -2.20. The molecule has 0 bridgehead atoms. The normalized spacial score (nSPS) is 12.4. The van der Waals surface area contributed by atoms with E-state index in [1.54, 1.807) is 7.05 Å². The van der Waals surface area contributed by atoms with Crippen molar-refractivity contribution in [2.24, 2.45) is 4.99 Å². The topological polar surface area (TPSA) is 88.8 Å². The highest BCUT2D eigenvalue weighted by Gasteiger charge is 2.16. The molecule has 1 heterocycles. The highest BCUT2D eigenvalue weighted by molar-refractivity contribution is 5.84. The molecule has 22 heavy (non-hydrogen) atoms. The summed E-state index contributed by atoms with van der Waals surface area (Å²) >= 11 is 0. The molecule has 0 atom stereocenters. The van der Waals surface area contributed by atoms with Gasteiger partial charge in [0.15, 0.2) is 11.7 Å². The average Bonchev–Trinajstić information content (AvgIpc) is 2.86. The quantitative estimate of drug-likeness (QED) is 0.490. The second kappa shape index (κ2) is 7.82. The standard InChI is InChI=1S/C15H26N4O3/c1-10(2)12-7-11(22-19-12)8-17-14(16-6)18-9-13(20)21-15(3,4)5/h7,10H,8-9H2,1-6H3,(H2,16,17,18). The van der Waals surface area contributed by atoms with Gasteiger partial charge in [0.05, 0.1) is 12.2 Å². The molecule has 0 aromatic carbocycles. The van der Waals surface area contributed by atoms with Gasteiger partial charge in [-0.3, -0.25) is 9.79 Å². The van der Waals surface area contributed by atoms with Gasteiger partial charge < -0.3 is 19.9 Å². The number of esters is 1. The number of hydrogen-bond donors (Lipinski definition) is 2.